The molecule has 1 fully saturated rings. The second-order valence-electron chi connectivity index (χ2n) is 5.85. The Kier molecular flexibility index (Phi) is 4.52. The molecule has 1 atom stereocenters. The summed E-state index contributed by atoms with van der Waals surface area (Å²) in [6.07, 6.45) is 0.638. The van der Waals surface area contributed by atoms with E-state index in [0.717, 1.165) is 5.56 Å². The Balaban J connectivity index is 1.61. The zero-order valence-corrected chi connectivity index (χ0v) is 13.9. The molecule has 1 saturated heterocycles. The molecule has 23 heavy (non-hydrogen) atoms. The first-order valence-corrected chi connectivity index (χ1v) is 9.53. The zero-order valence-electron chi connectivity index (χ0n) is 13.1. The fraction of sp³-hybridized carbons (Fsp3) is 0.353. The molecular formula is C17H21N3O2S. The van der Waals surface area contributed by atoms with Gasteiger partial charge in [0.15, 0.2) is 15.8 Å². The maximum Gasteiger partial charge on any atom is 0.191 e. The molecule has 1 heterocycles. The minimum absolute atomic E-state index is 0.0530. The van der Waals surface area contributed by atoms with Crippen molar-refractivity contribution in [2.24, 2.45) is 4.99 Å². The van der Waals surface area contributed by atoms with E-state index < -0.39 is 9.84 Å². The third kappa shape index (κ3) is 4.01. The Morgan fingerprint density at radius 1 is 1.22 bits per heavy atom. The van der Waals surface area contributed by atoms with E-state index in [-0.39, 0.29) is 17.5 Å². The molecule has 3 rings (SSSR count). The summed E-state index contributed by atoms with van der Waals surface area (Å²) in [7, 11) is -1.19. The van der Waals surface area contributed by atoms with Crippen LogP contribution in [0.4, 0.5) is 0 Å². The van der Waals surface area contributed by atoms with Crippen molar-refractivity contribution in [1.29, 1.82) is 0 Å². The van der Waals surface area contributed by atoms with Crippen molar-refractivity contribution < 1.29 is 8.42 Å². The molecule has 2 aromatic carbocycles. The summed E-state index contributed by atoms with van der Waals surface area (Å²) in [5, 5.41) is 8.86. The van der Waals surface area contributed by atoms with Crippen LogP contribution < -0.4 is 10.6 Å². The first-order valence-electron chi connectivity index (χ1n) is 7.71. The molecule has 122 valence electrons. The maximum absolute atomic E-state index is 11.5. The predicted molar refractivity (Wildman–Crippen MR) is 94.3 cm³/mol. The van der Waals surface area contributed by atoms with Gasteiger partial charge in [-0.05, 0) is 28.8 Å². The van der Waals surface area contributed by atoms with E-state index in [2.05, 4.69) is 46.0 Å². The minimum atomic E-state index is -2.89. The van der Waals surface area contributed by atoms with Gasteiger partial charge in [0.1, 0.15) is 0 Å². The first-order chi connectivity index (χ1) is 11.1. The van der Waals surface area contributed by atoms with Crippen molar-refractivity contribution in [3.63, 3.8) is 0 Å². The highest BCUT2D eigenvalue weighted by Crippen LogP contribution is 2.15. The fourth-order valence-corrected chi connectivity index (χ4v) is 4.50. The highest BCUT2D eigenvalue weighted by Gasteiger charge is 2.28. The Labute approximate surface area is 136 Å². The van der Waals surface area contributed by atoms with Gasteiger partial charge in [0.2, 0.25) is 0 Å². The van der Waals surface area contributed by atoms with Crippen LogP contribution >= 0.6 is 0 Å². The van der Waals surface area contributed by atoms with Gasteiger partial charge in [-0.1, -0.05) is 36.4 Å². The molecule has 2 N–H and O–H groups in total. The molecule has 0 spiro atoms. The predicted octanol–water partition coefficient (Wildman–Crippen LogP) is 1.69. The molecule has 0 amide bonds. The number of hydrogen-bond donors (Lipinski definition) is 2. The van der Waals surface area contributed by atoms with Crippen LogP contribution in [-0.2, 0) is 16.4 Å². The summed E-state index contributed by atoms with van der Waals surface area (Å²) in [6.45, 7) is 0.643. The van der Waals surface area contributed by atoms with Gasteiger partial charge in [-0.2, -0.15) is 0 Å². The lowest BCUT2D eigenvalue weighted by Gasteiger charge is -2.16. The van der Waals surface area contributed by atoms with Gasteiger partial charge in [-0.15, -0.1) is 0 Å². The topological polar surface area (TPSA) is 70.6 Å². The molecule has 0 aromatic heterocycles. The van der Waals surface area contributed by atoms with Crippen LogP contribution in [0.5, 0.6) is 0 Å². The van der Waals surface area contributed by atoms with Crippen molar-refractivity contribution in [3.8, 4) is 0 Å². The normalized spacial score (nSPS) is 20.6. The Morgan fingerprint density at radius 2 is 2.00 bits per heavy atom. The van der Waals surface area contributed by atoms with Gasteiger partial charge < -0.3 is 10.6 Å². The molecule has 0 saturated carbocycles. The molecule has 1 aliphatic rings. The summed E-state index contributed by atoms with van der Waals surface area (Å²) in [5.41, 5.74) is 1.16. The molecule has 6 heteroatoms. The van der Waals surface area contributed by atoms with E-state index in [1.807, 2.05) is 12.1 Å². The smallest absolute Gasteiger partial charge is 0.191 e. The molecule has 1 unspecified atom stereocenters. The maximum atomic E-state index is 11.5. The monoisotopic (exact) mass is 331 g/mol. The number of hydrogen-bond acceptors (Lipinski definition) is 3. The second kappa shape index (κ2) is 6.58. The third-order valence-corrected chi connectivity index (χ3v) is 5.84. The van der Waals surface area contributed by atoms with E-state index in [4.69, 9.17) is 0 Å². The number of nitrogens with one attached hydrogen (secondary N) is 2. The molecule has 0 bridgehead atoms. The summed E-state index contributed by atoms with van der Waals surface area (Å²) < 4.78 is 23.0. The number of rotatable bonds is 3. The van der Waals surface area contributed by atoms with Crippen LogP contribution in [0, 0.1) is 0 Å². The van der Waals surface area contributed by atoms with Gasteiger partial charge >= 0.3 is 0 Å². The van der Waals surface area contributed by atoms with E-state index in [1.165, 1.54) is 10.8 Å². The Hall–Kier alpha value is -2.08. The zero-order chi connectivity index (χ0) is 16.3. The summed E-state index contributed by atoms with van der Waals surface area (Å²) in [6, 6.07) is 14.5. The van der Waals surface area contributed by atoms with Gasteiger partial charge in [-0.3, -0.25) is 4.99 Å². The van der Waals surface area contributed by atoms with Crippen LogP contribution in [0.25, 0.3) is 10.8 Å². The van der Waals surface area contributed by atoms with Crippen LogP contribution in [0.2, 0.25) is 0 Å². The Morgan fingerprint density at radius 3 is 2.70 bits per heavy atom. The van der Waals surface area contributed by atoms with E-state index in [0.29, 0.717) is 18.9 Å². The average molecular weight is 331 g/mol. The fourth-order valence-electron chi connectivity index (χ4n) is 2.83. The molecule has 0 radical (unpaired) electrons. The van der Waals surface area contributed by atoms with Crippen molar-refractivity contribution in [2.45, 2.75) is 19.0 Å². The Bertz CT molecular complexity index is 831. The van der Waals surface area contributed by atoms with Crippen LogP contribution in [0.1, 0.15) is 12.0 Å². The van der Waals surface area contributed by atoms with Gasteiger partial charge in [0.05, 0.1) is 11.5 Å². The largest absolute Gasteiger partial charge is 0.353 e. The number of nitrogens with zero attached hydrogens (tertiary/aromatic N) is 1. The van der Waals surface area contributed by atoms with Gasteiger partial charge in [-0.25, -0.2) is 8.42 Å². The van der Waals surface area contributed by atoms with Gasteiger partial charge in [0, 0.05) is 19.6 Å². The molecular weight excluding hydrogens is 310 g/mol. The second-order valence-corrected chi connectivity index (χ2v) is 8.08. The summed E-state index contributed by atoms with van der Waals surface area (Å²) >= 11 is 0. The lowest BCUT2D eigenvalue weighted by molar-refractivity contribution is 0.599. The quantitative estimate of drug-likeness (QED) is 0.663. The lowest BCUT2D eigenvalue weighted by atomic mass is 10.1. The van der Waals surface area contributed by atoms with Gasteiger partial charge in [0.25, 0.3) is 0 Å². The van der Waals surface area contributed by atoms with Crippen molar-refractivity contribution in [3.05, 3.63) is 48.0 Å². The van der Waals surface area contributed by atoms with Crippen molar-refractivity contribution in [1.82, 2.24) is 10.6 Å². The highest BCUT2D eigenvalue weighted by molar-refractivity contribution is 7.91. The SMILES string of the molecule is CN=C(NCc1ccc2ccccc2c1)NC1CCS(=O)(=O)C1. The molecule has 0 aliphatic carbocycles. The van der Waals surface area contributed by atoms with Crippen LogP contribution in [0.3, 0.4) is 0 Å². The van der Waals surface area contributed by atoms with Crippen molar-refractivity contribution >= 4 is 26.6 Å². The summed E-state index contributed by atoms with van der Waals surface area (Å²) in [4.78, 5) is 4.18. The highest BCUT2D eigenvalue weighted by atomic mass is 32.2. The lowest BCUT2D eigenvalue weighted by Crippen LogP contribution is -2.43. The molecule has 2 aromatic rings. The van der Waals surface area contributed by atoms with Crippen molar-refractivity contribution in [2.75, 3.05) is 18.6 Å². The van der Waals surface area contributed by atoms with E-state index >= 15 is 0 Å². The van der Waals surface area contributed by atoms with Crippen LogP contribution in [-0.4, -0.2) is 39.0 Å². The third-order valence-electron chi connectivity index (χ3n) is 4.07. The average Bonchev–Trinajstić information content (AvgIpc) is 2.90. The number of benzene rings is 2. The standard InChI is InChI=1S/C17H21N3O2S/c1-18-17(20-16-8-9-23(21,22)12-16)19-11-13-6-7-14-4-2-3-5-15(14)10-13/h2-7,10,16H,8-9,11-12H2,1H3,(H2,18,19,20). The number of aliphatic imine (C=N–C) groups is 1. The summed E-state index contributed by atoms with van der Waals surface area (Å²) in [5.74, 6) is 1.08. The van der Waals surface area contributed by atoms with E-state index in [1.54, 1.807) is 7.05 Å². The minimum Gasteiger partial charge on any atom is -0.353 e. The van der Waals surface area contributed by atoms with E-state index in [9.17, 15) is 8.42 Å². The van der Waals surface area contributed by atoms with Crippen LogP contribution in [0.15, 0.2) is 47.5 Å². The number of fused-ring (bicyclic) bond motifs is 1. The number of sulfone groups is 1. The molecule has 1 aliphatic heterocycles. The molecule has 5 nitrogen and oxygen atoms in total. The number of guanidine groups is 1. The first kappa shape index (κ1) is 15.8.